The summed E-state index contributed by atoms with van der Waals surface area (Å²) in [6.45, 7) is 9.78. The van der Waals surface area contributed by atoms with Crippen LogP contribution in [0.4, 0.5) is 9.59 Å². The zero-order valence-corrected chi connectivity index (χ0v) is 19.9. The molecule has 9 heteroatoms. The molecule has 0 radical (unpaired) electrons. The summed E-state index contributed by atoms with van der Waals surface area (Å²) in [6.07, 6.45) is 0.136. The van der Waals surface area contributed by atoms with E-state index in [4.69, 9.17) is 14.2 Å². The van der Waals surface area contributed by atoms with Gasteiger partial charge in [-0.1, -0.05) is 30.3 Å². The molecule has 33 heavy (non-hydrogen) atoms. The summed E-state index contributed by atoms with van der Waals surface area (Å²) >= 11 is 0. The third-order valence-electron chi connectivity index (χ3n) is 6.54. The molecular weight excluding hydrogens is 426 g/mol. The number of rotatable bonds is 3. The maximum Gasteiger partial charge on any atom is 0.412 e. The van der Waals surface area contributed by atoms with E-state index in [1.54, 1.807) is 39.5 Å². The second-order valence-electron chi connectivity index (χ2n) is 10.3. The number of likely N-dealkylation sites (tertiary alicyclic amines) is 1. The largest absolute Gasteiger partial charge is 0.445 e. The van der Waals surface area contributed by atoms with Crippen molar-refractivity contribution in [2.75, 3.05) is 13.2 Å². The first kappa shape index (κ1) is 23.4. The van der Waals surface area contributed by atoms with Crippen molar-refractivity contribution in [3.8, 4) is 0 Å². The van der Waals surface area contributed by atoms with E-state index in [0.29, 0.717) is 19.4 Å². The summed E-state index contributed by atoms with van der Waals surface area (Å²) in [7, 11) is 0. The van der Waals surface area contributed by atoms with Gasteiger partial charge in [0.1, 0.15) is 23.5 Å². The zero-order chi connectivity index (χ0) is 24.0. The van der Waals surface area contributed by atoms with Crippen molar-refractivity contribution < 1.29 is 28.6 Å². The standard InChI is InChI=1S/C24H33N3O6/c1-22(2,3)33-21(30)27-17(15-32-23(27,4)5)18-24(19(28)25-18)12-9-13-26(24)20(29)31-14-16-10-7-6-8-11-16/h6-8,10-11,17-18H,9,12-15H2,1-5H3,(H,25,28)/t17-,18+,24-/m0/s1. The van der Waals surface area contributed by atoms with E-state index in [-0.39, 0.29) is 19.1 Å². The molecule has 1 N–H and O–H groups in total. The fourth-order valence-electron chi connectivity index (χ4n) is 5.06. The van der Waals surface area contributed by atoms with Gasteiger partial charge >= 0.3 is 12.2 Å². The Bertz CT molecular complexity index is 928. The van der Waals surface area contributed by atoms with E-state index in [0.717, 1.165) is 5.56 Å². The second-order valence-corrected chi connectivity index (χ2v) is 10.3. The Morgan fingerprint density at radius 1 is 1.18 bits per heavy atom. The highest BCUT2D eigenvalue weighted by molar-refractivity contribution is 5.98. The Morgan fingerprint density at radius 2 is 1.88 bits per heavy atom. The molecule has 4 rings (SSSR count). The predicted octanol–water partition coefficient (Wildman–Crippen LogP) is 3.03. The summed E-state index contributed by atoms with van der Waals surface area (Å²) in [5.41, 5.74) is -1.79. The quantitative estimate of drug-likeness (QED) is 0.698. The molecule has 0 bridgehead atoms. The zero-order valence-electron chi connectivity index (χ0n) is 19.9. The van der Waals surface area contributed by atoms with Gasteiger partial charge in [0.2, 0.25) is 5.91 Å². The van der Waals surface area contributed by atoms with Crippen LogP contribution in [-0.4, -0.2) is 70.0 Å². The number of nitrogens with zero attached hydrogens (tertiary/aromatic N) is 2. The monoisotopic (exact) mass is 459 g/mol. The first-order valence-corrected chi connectivity index (χ1v) is 11.4. The van der Waals surface area contributed by atoms with E-state index in [1.165, 1.54) is 4.90 Å². The van der Waals surface area contributed by atoms with Crippen molar-refractivity contribution >= 4 is 18.1 Å². The fourth-order valence-corrected chi connectivity index (χ4v) is 5.06. The molecule has 0 unspecified atom stereocenters. The summed E-state index contributed by atoms with van der Waals surface area (Å²) in [5, 5.41) is 2.94. The van der Waals surface area contributed by atoms with Crippen LogP contribution in [0.5, 0.6) is 0 Å². The second kappa shape index (κ2) is 8.20. The smallest absolute Gasteiger partial charge is 0.412 e. The number of benzene rings is 1. The molecule has 9 nitrogen and oxygen atoms in total. The van der Waals surface area contributed by atoms with Crippen LogP contribution in [0.2, 0.25) is 0 Å². The van der Waals surface area contributed by atoms with Crippen LogP contribution in [0, 0.1) is 0 Å². The van der Waals surface area contributed by atoms with E-state index in [1.807, 2.05) is 30.3 Å². The van der Waals surface area contributed by atoms with E-state index >= 15 is 0 Å². The highest BCUT2D eigenvalue weighted by Crippen LogP contribution is 2.44. The van der Waals surface area contributed by atoms with Crippen molar-refractivity contribution in [2.45, 2.75) is 83.0 Å². The highest BCUT2D eigenvalue weighted by Gasteiger charge is 2.68. The molecule has 3 heterocycles. The summed E-state index contributed by atoms with van der Waals surface area (Å²) in [6, 6.07) is 8.45. The molecule has 3 fully saturated rings. The van der Waals surface area contributed by atoms with Crippen LogP contribution in [0.25, 0.3) is 0 Å². The lowest BCUT2D eigenvalue weighted by atomic mass is 9.75. The molecule has 1 aromatic carbocycles. The molecule has 1 aromatic rings. The highest BCUT2D eigenvalue weighted by atomic mass is 16.6. The van der Waals surface area contributed by atoms with Gasteiger partial charge < -0.3 is 19.5 Å². The van der Waals surface area contributed by atoms with Gasteiger partial charge in [0.25, 0.3) is 0 Å². The topological polar surface area (TPSA) is 97.4 Å². The number of carbonyl (C=O) groups excluding carboxylic acids is 3. The first-order valence-electron chi connectivity index (χ1n) is 11.4. The molecule has 3 amide bonds. The van der Waals surface area contributed by atoms with Gasteiger partial charge in [-0.3, -0.25) is 14.6 Å². The lowest BCUT2D eigenvalue weighted by Crippen LogP contribution is -2.82. The minimum atomic E-state index is -1.07. The number of hydrogen-bond donors (Lipinski definition) is 1. The van der Waals surface area contributed by atoms with Crippen LogP contribution in [-0.2, 0) is 25.6 Å². The van der Waals surface area contributed by atoms with E-state index in [9.17, 15) is 14.4 Å². The van der Waals surface area contributed by atoms with Gasteiger partial charge in [-0.25, -0.2) is 9.59 Å². The molecule has 1 spiro atoms. The maximum absolute atomic E-state index is 13.1. The Labute approximate surface area is 194 Å². The fraction of sp³-hybridized carbons (Fsp3) is 0.625. The minimum Gasteiger partial charge on any atom is -0.445 e. The maximum atomic E-state index is 13.1. The summed E-state index contributed by atoms with van der Waals surface area (Å²) in [4.78, 5) is 42.2. The van der Waals surface area contributed by atoms with Crippen molar-refractivity contribution in [3.05, 3.63) is 35.9 Å². The number of hydrogen-bond acceptors (Lipinski definition) is 6. The number of amides is 3. The molecule has 0 saturated carbocycles. The molecule has 3 saturated heterocycles. The molecular formula is C24H33N3O6. The van der Waals surface area contributed by atoms with Gasteiger partial charge in [-0.2, -0.15) is 0 Å². The van der Waals surface area contributed by atoms with Gasteiger partial charge in [-0.05, 0) is 53.0 Å². The lowest BCUT2D eigenvalue weighted by molar-refractivity contribution is -0.149. The average Bonchev–Trinajstić information content (AvgIpc) is 3.32. The van der Waals surface area contributed by atoms with Crippen LogP contribution < -0.4 is 5.32 Å². The Hall–Kier alpha value is -2.81. The van der Waals surface area contributed by atoms with Crippen molar-refractivity contribution in [2.24, 2.45) is 0 Å². The van der Waals surface area contributed by atoms with Gasteiger partial charge in [0.15, 0.2) is 0 Å². The Morgan fingerprint density at radius 3 is 2.52 bits per heavy atom. The van der Waals surface area contributed by atoms with Gasteiger partial charge in [0, 0.05) is 6.54 Å². The molecule has 3 aliphatic heterocycles. The molecule has 3 aliphatic rings. The first-order chi connectivity index (χ1) is 15.5. The molecule has 180 valence electrons. The van der Waals surface area contributed by atoms with Crippen LogP contribution in [0.1, 0.15) is 53.0 Å². The van der Waals surface area contributed by atoms with Crippen LogP contribution >= 0.6 is 0 Å². The van der Waals surface area contributed by atoms with E-state index in [2.05, 4.69) is 5.32 Å². The normalized spacial score (nSPS) is 28.5. The minimum absolute atomic E-state index is 0.127. The number of nitrogens with one attached hydrogen (secondary N) is 1. The van der Waals surface area contributed by atoms with Gasteiger partial charge in [-0.15, -0.1) is 0 Å². The average molecular weight is 460 g/mol. The van der Waals surface area contributed by atoms with Crippen molar-refractivity contribution in [1.82, 2.24) is 15.1 Å². The Kier molecular flexibility index (Phi) is 5.80. The summed E-state index contributed by atoms with van der Waals surface area (Å²) in [5.74, 6) is -0.226. The van der Waals surface area contributed by atoms with Crippen LogP contribution in [0.3, 0.4) is 0 Å². The SMILES string of the molecule is CC(C)(C)OC(=O)N1[C@H]([C@H]2NC(=O)[C@]23CCCN3C(=O)OCc2ccccc2)COC1(C)C. The predicted molar refractivity (Wildman–Crippen MR) is 119 cm³/mol. The summed E-state index contributed by atoms with van der Waals surface area (Å²) < 4.78 is 17.1. The Balaban J connectivity index is 1.55. The van der Waals surface area contributed by atoms with Gasteiger partial charge in [0.05, 0.1) is 18.7 Å². The third-order valence-corrected chi connectivity index (χ3v) is 6.54. The van der Waals surface area contributed by atoms with Crippen molar-refractivity contribution in [1.29, 1.82) is 0 Å². The third kappa shape index (κ3) is 4.14. The molecule has 3 atom stereocenters. The molecule has 0 aromatic heterocycles. The lowest BCUT2D eigenvalue weighted by Gasteiger charge is -2.54. The van der Waals surface area contributed by atoms with E-state index < -0.39 is 41.1 Å². The number of carbonyl (C=O) groups is 3. The number of β-lactam (4-membered cyclic amide) rings is 1. The van der Waals surface area contributed by atoms with Crippen LogP contribution in [0.15, 0.2) is 30.3 Å². The molecule has 0 aliphatic carbocycles. The number of ether oxygens (including phenoxy) is 3. The van der Waals surface area contributed by atoms with Crippen molar-refractivity contribution in [3.63, 3.8) is 0 Å².